The van der Waals surface area contributed by atoms with Crippen molar-refractivity contribution in [2.75, 3.05) is 26.2 Å². The number of nitrogens with zero attached hydrogens (tertiary/aromatic N) is 3. The lowest BCUT2D eigenvalue weighted by Gasteiger charge is -2.33. The summed E-state index contributed by atoms with van der Waals surface area (Å²) in [6.07, 6.45) is 7.11. The molecule has 1 fully saturated rings. The summed E-state index contributed by atoms with van der Waals surface area (Å²) in [6, 6.07) is 6.73. The zero-order valence-corrected chi connectivity index (χ0v) is 13.0. The van der Waals surface area contributed by atoms with Crippen LogP contribution in [0.1, 0.15) is 18.9 Å². The maximum Gasteiger partial charge on any atom is 0.165 e. The molecule has 1 aliphatic rings. The maximum atomic E-state index is 13.5. The zero-order valence-electron chi connectivity index (χ0n) is 13.0. The highest BCUT2D eigenvalue weighted by Gasteiger charge is 2.22. The number of hydrogen-bond donors (Lipinski definition) is 1. The lowest BCUT2D eigenvalue weighted by molar-refractivity contribution is 0.0547. The highest BCUT2D eigenvalue weighted by molar-refractivity contribution is 5.23. The van der Waals surface area contributed by atoms with E-state index in [9.17, 15) is 9.50 Å². The molecule has 0 aliphatic carbocycles. The molecule has 124 valence electrons. The summed E-state index contributed by atoms with van der Waals surface area (Å²) in [4.78, 5) is 6.31. The average Bonchev–Trinajstić information content (AvgIpc) is 3.09. The molecule has 2 heterocycles. The van der Waals surface area contributed by atoms with E-state index in [-0.39, 0.29) is 12.4 Å². The summed E-state index contributed by atoms with van der Waals surface area (Å²) >= 11 is 0. The molecule has 0 spiro atoms. The second-order valence-corrected chi connectivity index (χ2v) is 5.94. The second-order valence-electron chi connectivity index (χ2n) is 5.94. The minimum absolute atomic E-state index is 0.0996. The first-order valence-electron chi connectivity index (χ1n) is 7.97. The molecule has 1 saturated heterocycles. The van der Waals surface area contributed by atoms with Crippen LogP contribution in [0.15, 0.2) is 43.0 Å². The molecule has 5 nitrogen and oxygen atoms in total. The number of aliphatic hydroxyl groups excluding tert-OH is 1. The second kappa shape index (κ2) is 7.57. The first kappa shape index (κ1) is 16.0. The number of aliphatic hydroxyl groups is 1. The van der Waals surface area contributed by atoms with Gasteiger partial charge < -0.3 is 19.3 Å². The number of benzene rings is 1. The lowest BCUT2D eigenvalue weighted by Crippen LogP contribution is -2.41. The Hall–Kier alpha value is -1.92. The van der Waals surface area contributed by atoms with Gasteiger partial charge in [0.1, 0.15) is 12.7 Å². The monoisotopic (exact) mass is 319 g/mol. The number of rotatable bonds is 6. The first-order chi connectivity index (χ1) is 11.2. The van der Waals surface area contributed by atoms with Crippen molar-refractivity contribution in [3.63, 3.8) is 0 Å². The van der Waals surface area contributed by atoms with Crippen LogP contribution in [0.25, 0.3) is 0 Å². The van der Waals surface area contributed by atoms with Crippen LogP contribution < -0.4 is 4.74 Å². The van der Waals surface area contributed by atoms with Crippen molar-refractivity contribution >= 4 is 0 Å². The largest absolute Gasteiger partial charge is 0.488 e. The average molecular weight is 319 g/mol. The van der Waals surface area contributed by atoms with E-state index in [4.69, 9.17) is 4.74 Å². The van der Waals surface area contributed by atoms with Crippen molar-refractivity contribution in [2.24, 2.45) is 0 Å². The van der Waals surface area contributed by atoms with Crippen molar-refractivity contribution in [2.45, 2.75) is 25.0 Å². The van der Waals surface area contributed by atoms with Gasteiger partial charge in [-0.15, -0.1) is 0 Å². The van der Waals surface area contributed by atoms with Crippen molar-refractivity contribution < 1.29 is 14.2 Å². The SMILES string of the molecule is OC(COc1ccccc1F)CN1CCC(n2ccnc2)CC1. The van der Waals surface area contributed by atoms with Crippen molar-refractivity contribution in [3.8, 4) is 5.75 Å². The van der Waals surface area contributed by atoms with E-state index in [2.05, 4.69) is 14.5 Å². The van der Waals surface area contributed by atoms with E-state index in [0.717, 1.165) is 25.9 Å². The summed E-state index contributed by atoms with van der Waals surface area (Å²) in [6.45, 7) is 2.51. The predicted molar refractivity (Wildman–Crippen MR) is 84.8 cm³/mol. The van der Waals surface area contributed by atoms with Gasteiger partial charge in [0.2, 0.25) is 0 Å². The van der Waals surface area contributed by atoms with E-state index >= 15 is 0 Å². The molecule has 0 bridgehead atoms. The Morgan fingerprint density at radius 2 is 2.09 bits per heavy atom. The van der Waals surface area contributed by atoms with E-state index in [1.807, 2.05) is 12.5 Å². The maximum absolute atomic E-state index is 13.5. The topological polar surface area (TPSA) is 50.5 Å². The van der Waals surface area contributed by atoms with Crippen molar-refractivity contribution in [3.05, 3.63) is 48.8 Å². The van der Waals surface area contributed by atoms with Gasteiger partial charge in [0, 0.05) is 38.1 Å². The van der Waals surface area contributed by atoms with Crippen LogP contribution >= 0.6 is 0 Å². The van der Waals surface area contributed by atoms with Crippen LogP contribution in [0.3, 0.4) is 0 Å². The minimum Gasteiger partial charge on any atom is -0.488 e. The third kappa shape index (κ3) is 4.30. The van der Waals surface area contributed by atoms with Gasteiger partial charge in [0.05, 0.1) is 6.33 Å². The van der Waals surface area contributed by atoms with Crippen LogP contribution in [-0.4, -0.2) is 51.9 Å². The summed E-state index contributed by atoms with van der Waals surface area (Å²) < 4.78 is 21.0. The van der Waals surface area contributed by atoms with Crippen LogP contribution in [0.5, 0.6) is 5.75 Å². The van der Waals surface area contributed by atoms with Crippen LogP contribution in [0, 0.1) is 5.82 Å². The van der Waals surface area contributed by atoms with E-state index < -0.39 is 11.9 Å². The predicted octanol–water partition coefficient (Wildman–Crippen LogP) is 2.10. The molecular weight excluding hydrogens is 297 g/mol. The fraction of sp³-hybridized carbons (Fsp3) is 0.471. The van der Waals surface area contributed by atoms with Gasteiger partial charge in [0.15, 0.2) is 11.6 Å². The smallest absolute Gasteiger partial charge is 0.165 e. The highest BCUT2D eigenvalue weighted by Crippen LogP contribution is 2.22. The number of para-hydroxylation sites is 1. The normalized spacial score (nSPS) is 18.0. The van der Waals surface area contributed by atoms with Gasteiger partial charge in [-0.25, -0.2) is 9.37 Å². The summed E-state index contributed by atoms with van der Waals surface area (Å²) in [5.74, 6) is -0.216. The molecule has 1 unspecified atom stereocenters. The lowest BCUT2D eigenvalue weighted by atomic mass is 10.0. The summed E-state index contributed by atoms with van der Waals surface area (Å²) in [5, 5.41) is 10.1. The number of aromatic nitrogens is 2. The molecule has 23 heavy (non-hydrogen) atoms. The molecule has 1 atom stereocenters. The van der Waals surface area contributed by atoms with Gasteiger partial charge in [-0.1, -0.05) is 12.1 Å². The fourth-order valence-corrected chi connectivity index (χ4v) is 2.98. The summed E-state index contributed by atoms with van der Waals surface area (Å²) in [7, 11) is 0. The molecule has 0 radical (unpaired) electrons. The number of halogens is 1. The summed E-state index contributed by atoms with van der Waals surface area (Å²) in [5.41, 5.74) is 0. The molecule has 1 N–H and O–H groups in total. The molecular formula is C17H22FN3O2. The first-order valence-corrected chi connectivity index (χ1v) is 7.97. The standard InChI is InChI=1S/C17H22FN3O2/c18-16-3-1-2-4-17(16)23-12-15(22)11-20-8-5-14(6-9-20)21-10-7-19-13-21/h1-4,7,10,13-15,22H,5-6,8-9,11-12H2. The van der Waals surface area contributed by atoms with Gasteiger partial charge in [0.25, 0.3) is 0 Å². The van der Waals surface area contributed by atoms with Crippen LogP contribution in [0.2, 0.25) is 0 Å². The van der Waals surface area contributed by atoms with E-state index in [1.54, 1.807) is 24.4 Å². The molecule has 0 saturated carbocycles. The number of piperidine rings is 1. The molecule has 1 aliphatic heterocycles. The van der Waals surface area contributed by atoms with E-state index in [0.29, 0.717) is 12.6 Å². The third-order valence-electron chi connectivity index (χ3n) is 4.24. The van der Waals surface area contributed by atoms with Crippen molar-refractivity contribution in [1.82, 2.24) is 14.5 Å². The van der Waals surface area contributed by atoms with Gasteiger partial charge in [-0.05, 0) is 25.0 Å². The Morgan fingerprint density at radius 1 is 1.30 bits per heavy atom. The van der Waals surface area contributed by atoms with Gasteiger partial charge >= 0.3 is 0 Å². The molecule has 0 amide bonds. The van der Waals surface area contributed by atoms with Gasteiger partial charge in [-0.2, -0.15) is 0 Å². The van der Waals surface area contributed by atoms with E-state index in [1.165, 1.54) is 6.07 Å². The number of likely N-dealkylation sites (tertiary alicyclic amines) is 1. The third-order valence-corrected chi connectivity index (χ3v) is 4.24. The number of hydrogen-bond acceptors (Lipinski definition) is 4. The van der Waals surface area contributed by atoms with Crippen LogP contribution in [0.4, 0.5) is 4.39 Å². The molecule has 6 heteroatoms. The number of β-amino-alcohol motifs (C(OH)–C–C–N with tert-alkyl or cyclic N) is 1. The zero-order chi connectivity index (χ0) is 16.1. The quantitative estimate of drug-likeness (QED) is 0.886. The number of imidazole rings is 1. The Balaban J connectivity index is 1.41. The molecule has 2 aromatic rings. The van der Waals surface area contributed by atoms with Crippen molar-refractivity contribution in [1.29, 1.82) is 0 Å². The molecule has 1 aromatic heterocycles. The number of ether oxygens (including phenoxy) is 1. The Bertz CT molecular complexity index is 598. The highest BCUT2D eigenvalue weighted by atomic mass is 19.1. The fourth-order valence-electron chi connectivity index (χ4n) is 2.98. The Kier molecular flexibility index (Phi) is 5.25. The van der Waals surface area contributed by atoms with Gasteiger partial charge in [-0.3, -0.25) is 0 Å². The Labute approximate surface area is 135 Å². The molecule has 3 rings (SSSR count). The molecule has 1 aromatic carbocycles. The minimum atomic E-state index is -0.626. The van der Waals surface area contributed by atoms with Crippen LogP contribution in [-0.2, 0) is 0 Å². The Morgan fingerprint density at radius 3 is 2.78 bits per heavy atom.